The summed E-state index contributed by atoms with van der Waals surface area (Å²) in [6.45, 7) is 2.16. The van der Waals surface area contributed by atoms with E-state index in [4.69, 9.17) is 5.73 Å². The molecule has 0 spiro atoms. The second kappa shape index (κ2) is 6.57. The first kappa shape index (κ1) is 16.8. The lowest BCUT2D eigenvalue weighted by Gasteiger charge is -2.14. The molecule has 0 amide bonds. The van der Waals surface area contributed by atoms with Gasteiger partial charge in [-0.25, -0.2) is 14.3 Å². The van der Waals surface area contributed by atoms with Crippen LogP contribution in [0.4, 0.5) is 5.82 Å². The predicted octanol–water partition coefficient (Wildman–Crippen LogP) is 2.49. The number of hydrogen-bond donors (Lipinski definition) is 1. The number of anilines is 1. The molecule has 0 saturated heterocycles. The number of para-hydroxylation sites is 1. The summed E-state index contributed by atoms with van der Waals surface area (Å²) in [6.07, 6.45) is 0. The lowest BCUT2D eigenvalue weighted by atomic mass is 10.1. The third-order valence-corrected chi connectivity index (χ3v) is 4.44. The van der Waals surface area contributed by atoms with Gasteiger partial charge in [0.25, 0.3) is 5.56 Å². The number of aromatic nitrogens is 3. The molecular weight excluding hydrogens is 340 g/mol. The molecule has 6 nitrogen and oxygen atoms in total. The SMILES string of the molecule is Cc1cccc(Cn2c(=O)c3ccc(N)nc3n(-c3ccccc3)c2=O)c1. The van der Waals surface area contributed by atoms with E-state index >= 15 is 0 Å². The van der Waals surface area contributed by atoms with E-state index in [-0.39, 0.29) is 23.6 Å². The van der Waals surface area contributed by atoms with Crippen molar-refractivity contribution in [2.75, 3.05) is 5.73 Å². The summed E-state index contributed by atoms with van der Waals surface area (Å²) in [7, 11) is 0. The van der Waals surface area contributed by atoms with E-state index in [0.717, 1.165) is 11.1 Å². The fourth-order valence-electron chi connectivity index (χ4n) is 3.19. The second-order valence-electron chi connectivity index (χ2n) is 6.44. The van der Waals surface area contributed by atoms with Crippen LogP contribution in [0.3, 0.4) is 0 Å². The van der Waals surface area contributed by atoms with Crippen molar-refractivity contribution in [2.45, 2.75) is 13.5 Å². The first-order chi connectivity index (χ1) is 13.0. The molecule has 6 heteroatoms. The Labute approximate surface area is 155 Å². The maximum absolute atomic E-state index is 13.2. The van der Waals surface area contributed by atoms with E-state index in [1.54, 1.807) is 24.3 Å². The molecular formula is C21H18N4O2. The van der Waals surface area contributed by atoms with Crippen molar-refractivity contribution in [1.82, 2.24) is 14.1 Å². The van der Waals surface area contributed by atoms with Crippen molar-refractivity contribution < 1.29 is 0 Å². The van der Waals surface area contributed by atoms with Crippen molar-refractivity contribution >= 4 is 16.9 Å². The van der Waals surface area contributed by atoms with Crippen molar-refractivity contribution in [1.29, 1.82) is 0 Å². The quantitative estimate of drug-likeness (QED) is 0.610. The van der Waals surface area contributed by atoms with Gasteiger partial charge in [0.05, 0.1) is 17.6 Å². The summed E-state index contributed by atoms with van der Waals surface area (Å²) in [5.41, 5.74) is 7.83. The van der Waals surface area contributed by atoms with Gasteiger partial charge in [-0.15, -0.1) is 0 Å². The van der Waals surface area contributed by atoms with Crippen LogP contribution in [0.15, 0.2) is 76.3 Å². The minimum atomic E-state index is -0.446. The summed E-state index contributed by atoms with van der Waals surface area (Å²) in [5, 5.41) is 0.348. The molecule has 0 aliphatic rings. The van der Waals surface area contributed by atoms with Crippen LogP contribution >= 0.6 is 0 Å². The van der Waals surface area contributed by atoms with E-state index in [1.165, 1.54) is 9.13 Å². The van der Waals surface area contributed by atoms with Gasteiger partial charge < -0.3 is 5.73 Å². The number of aryl methyl sites for hydroxylation is 1. The van der Waals surface area contributed by atoms with Crippen LogP contribution in [0.2, 0.25) is 0 Å². The van der Waals surface area contributed by atoms with Gasteiger partial charge >= 0.3 is 5.69 Å². The Hall–Kier alpha value is -3.67. The highest BCUT2D eigenvalue weighted by Crippen LogP contribution is 2.14. The zero-order valence-electron chi connectivity index (χ0n) is 14.8. The van der Waals surface area contributed by atoms with Crippen LogP contribution < -0.4 is 17.0 Å². The fourth-order valence-corrected chi connectivity index (χ4v) is 3.19. The Morgan fingerprint density at radius 1 is 0.963 bits per heavy atom. The average Bonchev–Trinajstić information content (AvgIpc) is 2.66. The molecule has 2 aromatic heterocycles. The van der Waals surface area contributed by atoms with E-state index in [9.17, 15) is 9.59 Å². The van der Waals surface area contributed by atoms with Crippen LogP contribution in [-0.2, 0) is 6.54 Å². The third-order valence-electron chi connectivity index (χ3n) is 4.44. The highest BCUT2D eigenvalue weighted by molar-refractivity contribution is 5.77. The maximum atomic E-state index is 13.2. The summed E-state index contributed by atoms with van der Waals surface area (Å²) in [5.74, 6) is 0.252. The molecule has 0 radical (unpaired) electrons. The molecule has 134 valence electrons. The van der Waals surface area contributed by atoms with E-state index in [1.807, 2.05) is 49.4 Å². The number of benzene rings is 2. The molecule has 2 N–H and O–H groups in total. The average molecular weight is 358 g/mol. The molecule has 0 unspecified atom stereocenters. The van der Waals surface area contributed by atoms with Crippen LogP contribution in [0.1, 0.15) is 11.1 Å². The van der Waals surface area contributed by atoms with Crippen molar-refractivity contribution in [2.24, 2.45) is 0 Å². The molecule has 4 aromatic rings. The monoisotopic (exact) mass is 358 g/mol. The Balaban J connectivity index is 2.05. The van der Waals surface area contributed by atoms with Crippen molar-refractivity contribution in [3.05, 3.63) is 98.7 Å². The minimum absolute atomic E-state index is 0.187. The van der Waals surface area contributed by atoms with Crippen LogP contribution in [0.5, 0.6) is 0 Å². The smallest absolute Gasteiger partial charge is 0.337 e. The number of nitrogens with two attached hydrogens (primary N) is 1. The molecule has 2 heterocycles. The number of nitrogens with zero attached hydrogens (tertiary/aromatic N) is 3. The molecule has 0 fully saturated rings. The Kier molecular flexibility index (Phi) is 4.08. The number of hydrogen-bond acceptors (Lipinski definition) is 4. The van der Waals surface area contributed by atoms with E-state index < -0.39 is 5.69 Å². The first-order valence-electron chi connectivity index (χ1n) is 8.57. The molecule has 2 aromatic carbocycles. The van der Waals surface area contributed by atoms with Crippen molar-refractivity contribution in [3.8, 4) is 5.69 Å². The highest BCUT2D eigenvalue weighted by Gasteiger charge is 2.16. The summed E-state index contributed by atoms with van der Waals surface area (Å²) in [4.78, 5) is 30.5. The third kappa shape index (κ3) is 3.01. The normalized spacial score (nSPS) is 11.0. The maximum Gasteiger partial charge on any atom is 0.337 e. The number of rotatable bonds is 3. The standard InChI is InChI=1S/C21H18N4O2/c1-14-6-5-7-15(12-14)13-24-20(26)17-10-11-18(22)23-19(17)25(21(24)27)16-8-3-2-4-9-16/h2-12H,13H2,1H3,(H2,22,23). The number of pyridine rings is 1. The fraction of sp³-hybridized carbons (Fsp3) is 0.0952. The molecule has 0 bridgehead atoms. The van der Waals surface area contributed by atoms with Crippen LogP contribution in [0, 0.1) is 6.92 Å². The zero-order valence-corrected chi connectivity index (χ0v) is 14.8. The van der Waals surface area contributed by atoms with Crippen LogP contribution in [-0.4, -0.2) is 14.1 Å². The van der Waals surface area contributed by atoms with Gasteiger partial charge in [-0.05, 0) is 36.8 Å². The summed E-state index contributed by atoms with van der Waals surface area (Å²) < 4.78 is 2.67. The molecule has 4 rings (SSSR count). The lowest BCUT2D eigenvalue weighted by Crippen LogP contribution is -2.40. The first-order valence-corrected chi connectivity index (χ1v) is 8.57. The predicted molar refractivity (Wildman–Crippen MR) is 106 cm³/mol. The summed E-state index contributed by atoms with van der Waals surface area (Å²) >= 11 is 0. The van der Waals surface area contributed by atoms with E-state index in [0.29, 0.717) is 11.1 Å². The minimum Gasteiger partial charge on any atom is -0.384 e. The van der Waals surface area contributed by atoms with Gasteiger partial charge in [0, 0.05) is 0 Å². The summed E-state index contributed by atoms with van der Waals surface area (Å²) in [6, 6.07) is 20.1. The molecule has 0 aliphatic carbocycles. The van der Waals surface area contributed by atoms with Gasteiger partial charge in [-0.3, -0.25) is 9.36 Å². The van der Waals surface area contributed by atoms with Crippen LogP contribution in [0.25, 0.3) is 16.7 Å². The van der Waals surface area contributed by atoms with Gasteiger partial charge in [0.15, 0.2) is 5.65 Å². The Morgan fingerprint density at radius 3 is 2.48 bits per heavy atom. The molecule has 0 atom stereocenters. The highest BCUT2D eigenvalue weighted by atomic mass is 16.2. The zero-order chi connectivity index (χ0) is 19.0. The Bertz CT molecular complexity index is 1260. The lowest BCUT2D eigenvalue weighted by molar-refractivity contribution is 0.682. The topological polar surface area (TPSA) is 82.9 Å². The number of nitrogen functional groups attached to an aromatic ring is 1. The number of fused-ring (bicyclic) bond motifs is 1. The van der Waals surface area contributed by atoms with Gasteiger partial charge in [-0.2, -0.15) is 0 Å². The Morgan fingerprint density at radius 2 is 1.74 bits per heavy atom. The second-order valence-corrected chi connectivity index (χ2v) is 6.44. The van der Waals surface area contributed by atoms with Crippen molar-refractivity contribution in [3.63, 3.8) is 0 Å². The largest absolute Gasteiger partial charge is 0.384 e. The van der Waals surface area contributed by atoms with E-state index in [2.05, 4.69) is 4.98 Å². The van der Waals surface area contributed by atoms with Gasteiger partial charge in [0.1, 0.15) is 5.82 Å². The van der Waals surface area contributed by atoms with Gasteiger partial charge in [-0.1, -0.05) is 48.0 Å². The molecule has 0 aliphatic heterocycles. The molecule has 0 saturated carbocycles. The molecule has 27 heavy (non-hydrogen) atoms. The van der Waals surface area contributed by atoms with Gasteiger partial charge in [0.2, 0.25) is 0 Å².